The number of hydrogen-bond donors (Lipinski definition) is 0. The third kappa shape index (κ3) is 3.37. The summed E-state index contributed by atoms with van der Waals surface area (Å²) in [5.74, 6) is 0.788. The van der Waals surface area contributed by atoms with Gasteiger partial charge in [-0.25, -0.2) is 0 Å². The average Bonchev–Trinajstić information content (AvgIpc) is 2.17. The number of carbonyl (C=O) groups excluding carboxylic acids is 1. The highest BCUT2D eigenvalue weighted by Crippen LogP contribution is 2.24. The zero-order valence-electron chi connectivity index (χ0n) is 10.7. The molecule has 16 heavy (non-hydrogen) atoms. The summed E-state index contributed by atoms with van der Waals surface area (Å²) in [6.45, 7) is 9.80. The summed E-state index contributed by atoms with van der Waals surface area (Å²) in [6, 6.07) is 7.92. The first-order valence-electron chi connectivity index (χ1n) is 5.58. The number of carbonyl (C=O) groups is 1. The molecule has 2 heteroatoms. The van der Waals surface area contributed by atoms with Crippen LogP contribution in [0.1, 0.15) is 40.2 Å². The summed E-state index contributed by atoms with van der Waals surface area (Å²) in [5, 5.41) is 0. The fourth-order valence-electron chi connectivity index (χ4n) is 1.32. The molecule has 0 aromatic heterocycles. The Morgan fingerprint density at radius 1 is 1.19 bits per heavy atom. The first kappa shape index (κ1) is 12.8. The summed E-state index contributed by atoms with van der Waals surface area (Å²) in [6.07, 6.45) is -0.375. The number of Topliss-reactive ketones (excluding diaryl/α,β-unsaturated/α-hetero) is 1. The number of rotatable bonds is 3. The molecule has 88 valence electrons. The molecule has 0 aliphatic rings. The monoisotopic (exact) mass is 220 g/mol. The Hall–Kier alpha value is -1.31. The highest BCUT2D eigenvalue weighted by molar-refractivity contribution is 5.80. The first-order valence-corrected chi connectivity index (χ1v) is 5.58. The van der Waals surface area contributed by atoms with Crippen LogP contribution in [0.15, 0.2) is 24.3 Å². The molecule has 0 aliphatic carbocycles. The van der Waals surface area contributed by atoms with Gasteiger partial charge in [0.15, 0.2) is 11.9 Å². The van der Waals surface area contributed by atoms with Crippen molar-refractivity contribution in [3.63, 3.8) is 0 Å². The minimum absolute atomic E-state index is 0.0416. The van der Waals surface area contributed by atoms with Crippen LogP contribution in [0.4, 0.5) is 0 Å². The Bertz CT molecular complexity index is 357. The molecule has 1 aromatic carbocycles. The lowest BCUT2D eigenvalue weighted by Gasteiger charge is -2.19. The van der Waals surface area contributed by atoms with Crippen molar-refractivity contribution in [3.8, 4) is 5.75 Å². The minimum Gasteiger partial charge on any atom is -0.483 e. The summed E-state index contributed by atoms with van der Waals surface area (Å²) in [4.78, 5) is 11.0. The van der Waals surface area contributed by atoms with Gasteiger partial charge in [-0.2, -0.15) is 0 Å². The van der Waals surface area contributed by atoms with Crippen LogP contribution in [-0.4, -0.2) is 11.9 Å². The Morgan fingerprint density at radius 2 is 1.69 bits per heavy atom. The van der Waals surface area contributed by atoms with Crippen molar-refractivity contribution >= 4 is 5.78 Å². The fraction of sp³-hybridized carbons (Fsp3) is 0.500. The molecule has 0 saturated carbocycles. The van der Waals surface area contributed by atoms with E-state index in [2.05, 4.69) is 20.8 Å². The lowest BCUT2D eigenvalue weighted by Crippen LogP contribution is -2.20. The molecule has 1 rings (SSSR count). The van der Waals surface area contributed by atoms with E-state index in [1.54, 1.807) is 6.92 Å². The second-order valence-corrected chi connectivity index (χ2v) is 5.15. The van der Waals surface area contributed by atoms with E-state index in [0.29, 0.717) is 0 Å². The number of ether oxygens (including phenoxy) is 1. The predicted octanol–water partition coefficient (Wildman–Crippen LogP) is 3.34. The second kappa shape index (κ2) is 4.69. The molecule has 1 atom stereocenters. The molecule has 0 saturated heterocycles. The van der Waals surface area contributed by atoms with E-state index < -0.39 is 0 Å². The van der Waals surface area contributed by atoms with Crippen molar-refractivity contribution in [3.05, 3.63) is 29.8 Å². The fourth-order valence-corrected chi connectivity index (χ4v) is 1.32. The molecule has 0 N–H and O–H groups in total. The number of benzene rings is 1. The second-order valence-electron chi connectivity index (χ2n) is 5.15. The summed E-state index contributed by atoms with van der Waals surface area (Å²) in [5.41, 5.74) is 1.40. The van der Waals surface area contributed by atoms with E-state index in [1.165, 1.54) is 12.5 Å². The van der Waals surface area contributed by atoms with Crippen LogP contribution in [0.25, 0.3) is 0 Å². The molecule has 0 heterocycles. The maximum Gasteiger partial charge on any atom is 0.169 e. The molecule has 0 spiro atoms. The molecule has 2 nitrogen and oxygen atoms in total. The van der Waals surface area contributed by atoms with E-state index in [0.717, 1.165) is 5.75 Å². The van der Waals surface area contributed by atoms with Crippen molar-refractivity contribution in [2.45, 2.75) is 46.1 Å². The van der Waals surface area contributed by atoms with Gasteiger partial charge in [-0.05, 0) is 37.0 Å². The molecule has 0 unspecified atom stereocenters. The normalized spacial score (nSPS) is 13.3. The molecular weight excluding hydrogens is 200 g/mol. The van der Waals surface area contributed by atoms with Gasteiger partial charge in [0.2, 0.25) is 0 Å². The Kier molecular flexibility index (Phi) is 3.74. The van der Waals surface area contributed by atoms with Crippen LogP contribution in [0, 0.1) is 0 Å². The van der Waals surface area contributed by atoms with Crippen molar-refractivity contribution in [1.82, 2.24) is 0 Å². The highest BCUT2D eigenvalue weighted by atomic mass is 16.5. The molecule has 1 aromatic rings. The van der Waals surface area contributed by atoms with Crippen LogP contribution in [0.2, 0.25) is 0 Å². The minimum atomic E-state index is -0.375. The van der Waals surface area contributed by atoms with E-state index in [-0.39, 0.29) is 17.3 Å². The Labute approximate surface area is 97.6 Å². The third-order valence-corrected chi connectivity index (χ3v) is 2.61. The quantitative estimate of drug-likeness (QED) is 0.781. The van der Waals surface area contributed by atoms with Gasteiger partial charge in [-0.1, -0.05) is 32.9 Å². The standard InChI is InChI=1S/C14H20O2/c1-10(15)11(2)16-13-8-6-12(7-9-13)14(3,4)5/h6-9,11H,1-5H3/t11-/m1/s1. The summed E-state index contributed by atoms with van der Waals surface area (Å²) >= 11 is 0. The highest BCUT2D eigenvalue weighted by Gasteiger charge is 2.14. The lowest BCUT2D eigenvalue weighted by molar-refractivity contribution is -0.122. The van der Waals surface area contributed by atoms with Crippen LogP contribution < -0.4 is 4.74 Å². The first-order chi connectivity index (χ1) is 7.30. The van der Waals surface area contributed by atoms with Gasteiger partial charge < -0.3 is 4.74 Å². The largest absolute Gasteiger partial charge is 0.483 e. The van der Waals surface area contributed by atoms with Crippen molar-refractivity contribution < 1.29 is 9.53 Å². The third-order valence-electron chi connectivity index (χ3n) is 2.61. The van der Waals surface area contributed by atoms with Gasteiger partial charge in [-0.15, -0.1) is 0 Å². The number of hydrogen-bond acceptors (Lipinski definition) is 2. The van der Waals surface area contributed by atoms with Crippen molar-refractivity contribution in [1.29, 1.82) is 0 Å². The topological polar surface area (TPSA) is 26.3 Å². The van der Waals surface area contributed by atoms with Crippen LogP contribution in [-0.2, 0) is 10.2 Å². The van der Waals surface area contributed by atoms with E-state index in [1.807, 2.05) is 24.3 Å². The van der Waals surface area contributed by atoms with Crippen molar-refractivity contribution in [2.75, 3.05) is 0 Å². The maximum absolute atomic E-state index is 11.0. The molecule has 0 amide bonds. The molecule has 0 fully saturated rings. The van der Waals surface area contributed by atoms with Crippen molar-refractivity contribution in [2.24, 2.45) is 0 Å². The van der Waals surface area contributed by atoms with Gasteiger partial charge in [0.05, 0.1) is 0 Å². The maximum atomic E-state index is 11.0. The average molecular weight is 220 g/mol. The lowest BCUT2D eigenvalue weighted by atomic mass is 9.87. The molecule has 0 bridgehead atoms. The zero-order valence-corrected chi connectivity index (χ0v) is 10.7. The molecule has 0 aliphatic heterocycles. The predicted molar refractivity (Wildman–Crippen MR) is 65.9 cm³/mol. The zero-order chi connectivity index (χ0) is 12.3. The van der Waals surface area contributed by atoms with Gasteiger partial charge >= 0.3 is 0 Å². The molecule has 0 radical (unpaired) electrons. The van der Waals surface area contributed by atoms with Gasteiger partial charge in [0.1, 0.15) is 5.75 Å². The van der Waals surface area contributed by atoms with E-state index in [9.17, 15) is 4.79 Å². The van der Waals surface area contributed by atoms with Crippen LogP contribution in [0.3, 0.4) is 0 Å². The smallest absolute Gasteiger partial charge is 0.169 e. The van der Waals surface area contributed by atoms with Gasteiger partial charge in [0, 0.05) is 0 Å². The van der Waals surface area contributed by atoms with Gasteiger partial charge in [0.25, 0.3) is 0 Å². The van der Waals surface area contributed by atoms with Gasteiger partial charge in [-0.3, -0.25) is 4.79 Å². The van der Waals surface area contributed by atoms with Crippen LogP contribution in [0.5, 0.6) is 5.75 Å². The summed E-state index contributed by atoms with van der Waals surface area (Å²) in [7, 11) is 0. The van der Waals surface area contributed by atoms with Crippen LogP contribution >= 0.6 is 0 Å². The summed E-state index contributed by atoms with van der Waals surface area (Å²) < 4.78 is 5.49. The number of ketones is 1. The Morgan fingerprint density at radius 3 is 2.06 bits per heavy atom. The molecular formula is C14H20O2. The Balaban J connectivity index is 2.76. The SMILES string of the molecule is CC(=O)[C@@H](C)Oc1ccc(C(C)(C)C)cc1. The van der Waals surface area contributed by atoms with E-state index >= 15 is 0 Å². The van der Waals surface area contributed by atoms with E-state index in [4.69, 9.17) is 4.74 Å².